The van der Waals surface area contributed by atoms with Crippen LogP contribution in [-0.4, -0.2) is 38.5 Å². The van der Waals surface area contributed by atoms with Crippen LogP contribution in [0.4, 0.5) is 21.0 Å². The molecule has 0 aliphatic heterocycles. The average molecular weight is 661 g/mol. The van der Waals surface area contributed by atoms with Crippen LogP contribution in [0.15, 0.2) is 78.9 Å². The number of aryl methyl sites for hydroxylation is 1. The zero-order valence-corrected chi connectivity index (χ0v) is 27.9. The quantitative estimate of drug-likeness (QED) is 0.112. The predicted molar refractivity (Wildman–Crippen MR) is 176 cm³/mol. The minimum absolute atomic E-state index is 0.120. The van der Waals surface area contributed by atoms with Crippen LogP contribution in [0.3, 0.4) is 0 Å². The van der Waals surface area contributed by atoms with Crippen LogP contribution in [0.2, 0.25) is 0 Å². The van der Waals surface area contributed by atoms with Crippen LogP contribution >= 0.6 is 15.2 Å². The van der Waals surface area contributed by atoms with Crippen molar-refractivity contribution in [1.82, 2.24) is 10.6 Å². The van der Waals surface area contributed by atoms with Crippen LogP contribution in [-0.2, 0) is 27.2 Å². The number of hydrogen-bond donors (Lipinski definition) is 4. The largest absolute Gasteiger partial charge is 0.357 e. The third-order valence-electron chi connectivity index (χ3n) is 6.38. The number of carbonyl (C=O) groups is 2. The molecule has 0 aromatic heterocycles. The summed E-state index contributed by atoms with van der Waals surface area (Å²) in [5.41, 5.74) is 2.52. The SMILES string of the molecule is CCOP(=O)(OCC)[C@H](NC(=O)Nc1cc(NC(=O)N[C@@H](c2ccccc2)P(=O)(OCC)OCC)ccc1C)c1ccccc1. The lowest BCUT2D eigenvalue weighted by Gasteiger charge is -2.28. The number of benzene rings is 3. The summed E-state index contributed by atoms with van der Waals surface area (Å²) in [5, 5.41) is 11.0. The molecule has 0 aliphatic rings. The molecular formula is C31H42N4O8P2. The molecule has 0 bridgehead atoms. The minimum atomic E-state index is -3.79. The van der Waals surface area contributed by atoms with E-state index in [1.807, 2.05) is 0 Å². The Kier molecular flexibility index (Phi) is 13.8. The summed E-state index contributed by atoms with van der Waals surface area (Å²) in [6, 6.07) is 21.2. The maximum Gasteiger partial charge on any atom is 0.357 e. The van der Waals surface area contributed by atoms with Gasteiger partial charge in [0.2, 0.25) is 0 Å². The zero-order chi connectivity index (χ0) is 32.9. The molecule has 14 heteroatoms. The Hall–Kier alpha value is -3.50. The fraction of sp³-hybridized carbons (Fsp3) is 0.355. The topological polar surface area (TPSA) is 153 Å². The van der Waals surface area contributed by atoms with Crippen LogP contribution < -0.4 is 21.3 Å². The molecule has 0 heterocycles. The zero-order valence-electron chi connectivity index (χ0n) is 26.1. The average Bonchev–Trinajstić information content (AvgIpc) is 3.01. The number of rotatable bonds is 16. The first-order valence-corrected chi connectivity index (χ1v) is 17.9. The maximum absolute atomic E-state index is 13.7. The van der Waals surface area contributed by atoms with Gasteiger partial charge in [0.05, 0.1) is 26.4 Å². The number of anilines is 2. The molecule has 3 aromatic rings. The van der Waals surface area contributed by atoms with Crippen molar-refractivity contribution in [3.8, 4) is 0 Å². The smallest absolute Gasteiger partial charge is 0.320 e. The van der Waals surface area contributed by atoms with Crippen molar-refractivity contribution >= 4 is 38.6 Å². The summed E-state index contributed by atoms with van der Waals surface area (Å²) in [6.45, 7) is 9.04. The fourth-order valence-corrected chi connectivity index (χ4v) is 8.27. The molecule has 2 atom stereocenters. The normalized spacial score (nSPS) is 13.0. The number of nitrogens with one attached hydrogen (secondary N) is 4. The molecule has 4 amide bonds. The van der Waals surface area contributed by atoms with E-state index >= 15 is 0 Å². The van der Waals surface area contributed by atoms with E-state index in [1.165, 1.54) is 0 Å². The highest BCUT2D eigenvalue weighted by Crippen LogP contribution is 2.60. The highest BCUT2D eigenvalue weighted by Gasteiger charge is 2.39. The molecule has 45 heavy (non-hydrogen) atoms. The molecule has 0 saturated heterocycles. The Morgan fingerprint density at radius 1 is 0.622 bits per heavy atom. The standard InChI is InChI=1S/C31H42N4O8P2/c1-6-40-44(38,41-7-2)28(24-16-12-10-13-17-24)34-30(36)32-26-21-20-23(5)27(22-26)33-31(37)35-29(25-18-14-11-15-19-25)45(39,42-8-3)43-9-4/h10-22,28-29H,6-9H2,1-5H3,(H2,32,34,36)(H2,33,35,37)/t28-,29+/m1/s1. The number of carbonyl (C=O) groups excluding carboxylic acids is 2. The molecule has 244 valence electrons. The second-order valence-electron chi connectivity index (χ2n) is 9.60. The summed E-state index contributed by atoms with van der Waals surface area (Å²) < 4.78 is 49.5. The lowest BCUT2D eigenvalue weighted by molar-refractivity contribution is 0.205. The summed E-state index contributed by atoms with van der Waals surface area (Å²) in [5.74, 6) is -2.15. The van der Waals surface area contributed by atoms with Crippen molar-refractivity contribution in [1.29, 1.82) is 0 Å². The van der Waals surface area contributed by atoms with Gasteiger partial charge >= 0.3 is 27.3 Å². The number of amides is 4. The highest BCUT2D eigenvalue weighted by molar-refractivity contribution is 7.54. The Bertz CT molecular complexity index is 1470. The summed E-state index contributed by atoms with van der Waals surface area (Å²) in [4.78, 5) is 26.5. The molecule has 3 aromatic carbocycles. The van der Waals surface area contributed by atoms with Gasteiger partial charge in [-0.1, -0.05) is 66.7 Å². The van der Waals surface area contributed by atoms with Crippen molar-refractivity contribution in [2.75, 3.05) is 37.1 Å². The molecule has 0 unspecified atom stereocenters. The van der Waals surface area contributed by atoms with Crippen molar-refractivity contribution in [2.45, 2.75) is 46.2 Å². The molecule has 0 fully saturated rings. The van der Waals surface area contributed by atoms with Gasteiger partial charge in [-0.05, 0) is 63.4 Å². The van der Waals surface area contributed by atoms with Crippen molar-refractivity contribution in [3.63, 3.8) is 0 Å². The van der Waals surface area contributed by atoms with Gasteiger partial charge in [0, 0.05) is 11.4 Å². The fourth-order valence-electron chi connectivity index (χ4n) is 4.46. The second kappa shape index (κ2) is 17.3. The molecule has 0 saturated carbocycles. The Morgan fingerprint density at radius 2 is 1.02 bits per heavy atom. The van der Waals surface area contributed by atoms with Crippen LogP contribution in [0, 0.1) is 6.92 Å². The number of urea groups is 2. The molecule has 0 spiro atoms. The Labute approximate surface area is 264 Å². The maximum atomic E-state index is 13.7. The predicted octanol–water partition coefficient (Wildman–Crippen LogP) is 8.17. The Balaban J connectivity index is 1.81. The first-order chi connectivity index (χ1) is 21.6. The lowest BCUT2D eigenvalue weighted by atomic mass is 10.2. The minimum Gasteiger partial charge on any atom is -0.320 e. The first-order valence-electron chi connectivity index (χ1n) is 14.7. The van der Waals surface area contributed by atoms with Crippen LogP contribution in [0.1, 0.15) is 56.0 Å². The van der Waals surface area contributed by atoms with Gasteiger partial charge in [-0.15, -0.1) is 0 Å². The lowest BCUT2D eigenvalue weighted by Crippen LogP contribution is -2.34. The van der Waals surface area contributed by atoms with E-state index in [4.69, 9.17) is 18.1 Å². The van der Waals surface area contributed by atoms with Gasteiger partial charge in [-0.3, -0.25) is 9.13 Å². The summed E-state index contributed by atoms with van der Waals surface area (Å²) >= 11 is 0. The molecular weight excluding hydrogens is 618 g/mol. The van der Waals surface area contributed by atoms with Gasteiger partial charge in [0.1, 0.15) is 0 Å². The molecule has 0 aliphatic carbocycles. The van der Waals surface area contributed by atoms with E-state index in [-0.39, 0.29) is 26.4 Å². The van der Waals surface area contributed by atoms with E-state index in [1.54, 1.807) is 113 Å². The molecule has 12 nitrogen and oxygen atoms in total. The number of hydrogen-bond acceptors (Lipinski definition) is 8. The monoisotopic (exact) mass is 660 g/mol. The van der Waals surface area contributed by atoms with Crippen molar-refractivity contribution in [2.24, 2.45) is 0 Å². The van der Waals surface area contributed by atoms with Gasteiger partial charge in [0.25, 0.3) is 0 Å². The van der Waals surface area contributed by atoms with Gasteiger partial charge < -0.3 is 39.4 Å². The third-order valence-corrected chi connectivity index (χ3v) is 11.0. The van der Waals surface area contributed by atoms with E-state index < -0.39 is 38.8 Å². The molecule has 4 N–H and O–H groups in total. The molecule has 0 radical (unpaired) electrons. The van der Waals surface area contributed by atoms with Gasteiger partial charge in [0.15, 0.2) is 11.6 Å². The van der Waals surface area contributed by atoms with E-state index in [0.717, 1.165) is 0 Å². The second-order valence-corrected chi connectivity index (χ2v) is 13.8. The van der Waals surface area contributed by atoms with Crippen molar-refractivity contribution < 1.29 is 36.8 Å². The van der Waals surface area contributed by atoms with Crippen molar-refractivity contribution in [3.05, 3.63) is 95.6 Å². The molecule has 3 rings (SSSR count). The van der Waals surface area contributed by atoms with E-state index in [0.29, 0.717) is 28.1 Å². The Morgan fingerprint density at radius 3 is 1.42 bits per heavy atom. The first kappa shape index (κ1) is 36.0. The van der Waals surface area contributed by atoms with Gasteiger partial charge in [-0.25, -0.2) is 9.59 Å². The van der Waals surface area contributed by atoms with E-state index in [2.05, 4.69) is 21.3 Å². The summed E-state index contributed by atoms with van der Waals surface area (Å²) in [7, 11) is -7.58. The van der Waals surface area contributed by atoms with Crippen LogP contribution in [0.25, 0.3) is 0 Å². The van der Waals surface area contributed by atoms with Crippen LogP contribution in [0.5, 0.6) is 0 Å². The van der Waals surface area contributed by atoms with Gasteiger partial charge in [-0.2, -0.15) is 0 Å². The summed E-state index contributed by atoms with van der Waals surface area (Å²) in [6.07, 6.45) is 0. The highest BCUT2D eigenvalue weighted by atomic mass is 31.2. The third kappa shape index (κ3) is 9.99. The van der Waals surface area contributed by atoms with E-state index in [9.17, 15) is 18.7 Å².